The van der Waals surface area contributed by atoms with Gasteiger partial charge < -0.3 is 4.74 Å². The molecule has 0 radical (unpaired) electrons. The lowest BCUT2D eigenvalue weighted by Gasteiger charge is -2.25. The summed E-state index contributed by atoms with van der Waals surface area (Å²) in [5.74, 6) is -0.431. The molecule has 1 heterocycles. The molecule has 7 heteroatoms. The van der Waals surface area contributed by atoms with Gasteiger partial charge in [0.1, 0.15) is 6.61 Å². The summed E-state index contributed by atoms with van der Waals surface area (Å²) >= 11 is 0. The number of sulfonamides is 1. The van der Waals surface area contributed by atoms with Gasteiger partial charge in [-0.05, 0) is 36.6 Å². The summed E-state index contributed by atoms with van der Waals surface area (Å²) in [5.41, 5.74) is 1.81. The summed E-state index contributed by atoms with van der Waals surface area (Å²) in [6.07, 6.45) is 2.88. The predicted octanol–water partition coefficient (Wildman–Crippen LogP) is 3.02. The lowest BCUT2D eigenvalue weighted by molar-refractivity contribution is -0.144. The van der Waals surface area contributed by atoms with E-state index in [0.717, 1.165) is 19.3 Å². The molecule has 0 bridgehead atoms. The van der Waals surface area contributed by atoms with Crippen LogP contribution in [0.15, 0.2) is 53.4 Å². The molecule has 0 spiro atoms. The Labute approximate surface area is 165 Å². The molecule has 0 atom stereocenters. The standard InChI is InChI=1S/C21H22N2O4S/c22-15-18-6-2-3-7-19(18)16-27-21(24)14-17-8-10-20(11-9-17)28(25,26)23-12-4-1-5-13-23/h2-3,6-11H,1,4-5,12-14,16H2. The quantitative estimate of drug-likeness (QED) is 0.698. The lowest BCUT2D eigenvalue weighted by atomic mass is 10.1. The van der Waals surface area contributed by atoms with Crippen molar-refractivity contribution in [3.05, 3.63) is 65.2 Å². The monoisotopic (exact) mass is 398 g/mol. The number of benzene rings is 2. The van der Waals surface area contributed by atoms with Gasteiger partial charge in [0.25, 0.3) is 0 Å². The third-order valence-corrected chi connectivity index (χ3v) is 6.66. The highest BCUT2D eigenvalue weighted by atomic mass is 32.2. The minimum Gasteiger partial charge on any atom is -0.461 e. The number of nitrogens with zero attached hydrogens (tertiary/aromatic N) is 2. The third-order valence-electron chi connectivity index (χ3n) is 4.75. The fourth-order valence-corrected chi connectivity index (χ4v) is 4.68. The van der Waals surface area contributed by atoms with Crippen LogP contribution in [0.3, 0.4) is 0 Å². The second-order valence-electron chi connectivity index (χ2n) is 6.72. The van der Waals surface area contributed by atoms with Crippen molar-refractivity contribution in [2.75, 3.05) is 13.1 Å². The highest BCUT2D eigenvalue weighted by Crippen LogP contribution is 2.21. The molecular weight excluding hydrogens is 376 g/mol. The first-order valence-electron chi connectivity index (χ1n) is 9.23. The Morgan fingerprint density at radius 3 is 2.39 bits per heavy atom. The summed E-state index contributed by atoms with van der Waals surface area (Å²) in [6.45, 7) is 1.14. The van der Waals surface area contributed by atoms with Crippen LogP contribution < -0.4 is 0 Å². The third kappa shape index (κ3) is 4.77. The maximum Gasteiger partial charge on any atom is 0.310 e. The zero-order valence-electron chi connectivity index (χ0n) is 15.5. The summed E-state index contributed by atoms with van der Waals surface area (Å²) in [7, 11) is -3.47. The van der Waals surface area contributed by atoms with Crippen molar-refractivity contribution in [2.45, 2.75) is 37.2 Å². The summed E-state index contributed by atoms with van der Waals surface area (Å²) in [4.78, 5) is 12.3. The van der Waals surface area contributed by atoms with Crippen molar-refractivity contribution in [3.8, 4) is 6.07 Å². The molecule has 0 N–H and O–H groups in total. The second-order valence-corrected chi connectivity index (χ2v) is 8.65. The SMILES string of the molecule is N#Cc1ccccc1COC(=O)Cc1ccc(S(=O)(=O)N2CCCCC2)cc1. The Balaban J connectivity index is 1.59. The van der Waals surface area contributed by atoms with Crippen LogP contribution in [0.5, 0.6) is 0 Å². The molecular formula is C21H22N2O4S. The first-order valence-corrected chi connectivity index (χ1v) is 10.7. The van der Waals surface area contributed by atoms with Crippen LogP contribution in [0.1, 0.15) is 36.0 Å². The van der Waals surface area contributed by atoms with Crippen molar-refractivity contribution in [1.29, 1.82) is 5.26 Å². The van der Waals surface area contributed by atoms with Crippen LogP contribution in [0.2, 0.25) is 0 Å². The first-order chi connectivity index (χ1) is 13.5. The smallest absolute Gasteiger partial charge is 0.310 e. The van der Waals surface area contributed by atoms with Crippen LogP contribution in [-0.2, 0) is 32.6 Å². The molecule has 6 nitrogen and oxygen atoms in total. The topological polar surface area (TPSA) is 87.5 Å². The van der Waals surface area contributed by atoms with Crippen molar-refractivity contribution in [3.63, 3.8) is 0 Å². The second kappa shape index (κ2) is 9.00. The average molecular weight is 398 g/mol. The van der Waals surface area contributed by atoms with Gasteiger partial charge in [-0.3, -0.25) is 4.79 Å². The normalized spacial score (nSPS) is 15.0. The van der Waals surface area contributed by atoms with Crippen molar-refractivity contribution < 1.29 is 17.9 Å². The Morgan fingerprint density at radius 2 is 1.71 bits per heavy atom. The average Bonchev–Trinajstić information content (AvgIpc) is 2.73. The predicted molar refractivity (Wildman–Crippen MR) is 104 cm³/mol. The zero-order valence-corrected chi connectivity index (χ0v) is 16.3. The number of carbonyl (C=O) groups is 1. The van der Waals surface area contributed by atoms with Crippen molar-refractivity contribution in [2.24, 2.45) is 0 Å². The number of hydrogen-bond donors (Lipinski definition) is 0. The lowest BCUT2D eigenvalue weighted by Crippen LogP contribution is -2.35. The maximum absolute atomic E-state index is 12.6. The molecule has 2 aromatic rings. The van der Waals surface area contributed by atoms with Gasteiger partial charge in [0.05, 0.1) is 22.9 Å². The van der Waals surface area contributed by atoms with E-state index in [1.54, 1.807) is 36.4 Å². The molecule has 146 valence electrons. The van der Waals surface area contributed by atoms with Gasteiger partial charge in [-0.2, -0.15) is 9.57 Å². The van der Waals surface area contributed by atoms with Gasteiger partial charge in [0.2, 0.25) is 10.0 Å². The van der Waals surface area contributed by atoms with Crippen molar-refractivity contribution in [1.82, 2.24) is 4.31 Å². The zero-order chi connectivity index (χ0) is 20.0. The number of carbonyl (C=O) groups excluding carboxylic acids is 1. The molecule has 0 saturated carbocycles. The van der Waals surface area contributed by atoms with E-state index in [9.17, 15) is 13.2 Å². The molecule has 2 aromatic carbocycles. The number of hydrogen-bond acceptors (Lipinski definition) is 5. The minimum absolute atomic E-state index is 0.0317. The highest BCUT2D eigenvalue weighted by molar-refractivity contribution is 7.89. The molecule has 0 unspecified atom stereocenters. The van der Waals surface area contributed by atoms with E-state index in [4.69, 9.17) is 10.00 Å². The van der Waals surface area contributed by atoms with Crippen LogP contribution in [0.4, 0.5) is 0 Å². The minimum atomic E-state index is -3.47. The van der Waals surface area contributed by atoms with Gasteiger partial charge in [-0.25, -0.2) is 8.42 Å². The number of nitriles is 1. The van der Waals surface area contributed by atoms with E-state index in [0.29, 0.717) is 29.8 Å². The largest absolute Gasteiger partial charge is 0.461 e. The fourth-order valence-electron chi connectivity index (χ4n) is 3.16. The van der Waals surface area contributed by atoms with E-state index in [-0.39, 0.29) is 17.9 Å². The van der Waals surface area contributed by atoms with Crippen LogP contribution in [0.25, 0.3) is 0 Å². The molecule has 3 rings (SSSR count). The van der Waals surface area contributed by atoms with Crippen molar-refractivity contribution >= 4 is 16.0 Å². The molecule has 1 aliphatic rings. The molecule has 28 heavy (non-hydrogen) atoms. The van der Waals surface area contributed by atoms with Crippen LogP contribution in [-0.4, -0.2) is 31.8 Å². The maximum atomic E-state index is 12.6. The van der Waals surface area contributed by atoms with E-state index in [1.165, 1.54) is 16.4 Å². The first kappa shape index (κ1) is 20.1. The van der Waals surface area contributed by atoms with Crippen LogP contribution >= 0.6 is 0 Å². The number of piperidine rings is 1. The van der Waals surface area contributed by atoms with Gasteiger partial charge in [0.15, 0.2) is 0 Å². The fraction of sp³-hybridized carbons (Fsp3) is 0.333. The Kier molecular flexibility index (Phi) is 6.45. The van der Waals surface area contributed by atoms with E-state index >= 15 is 0 Å². The van der Waals surface area contributed by atoms with Gasteiger partial charge in [-0.1, -0.05) is 36.8 Å². The number of ether oxygens (including phenoxy) is 1. The molecule has 1 aliphatic heterocycles. The molecule has 1 saturated heterocycles. The summed E-state index contributed by atoms with van der Waals surface area (Å²) in [5, 5.41) is 9.06. The molecule has 0 aliphatic carbocycles. The van der Waals surface area contributed by atoms with Gasteiger partial charge >= 0.3 is 5.97 Å². The van der Waals surface area contributed by atoms with Gasteiger partial charge in [0, 0.05) is 18.7 Å². The van der Waals surface area contributed by atoms with Gasteiger partial charge in [-0.15, -0.1) is 0 Å². The Morgan fingerprint density at radius 1 is 1.04 bits per heavy atom. The Bertz CT molecular complexity index is 972. The molecule has 1 fully saturated rings. The Hall–Kier alpha value is -2.69. The molecule has 0 amide bonds. The highest BCUT2D eigenvalue weighted by Gasteiger charge is 2.25. The number of rotatable bonds is 6. The summed E-state index contributed by atoms with van der Waals surface area (Å²) < 4.78 is 32.1. The van der Waals surface area contributed by atoms with E-state index in [1.807, 2.05) is 0 Å². The summed E-state index contributed by atoms with van der Waals surface area (Å²) in [6, 6.07) is 15.4. The van der Waals surface area contributed by atoms with Crippen LogP contribution in [0, 0.1) is 11.3 Å². The number of esters is 1. The van der Waals surface area contributed by atoms with E-state index < -0.39 is 16.0 Å². The van der Waals surface area contributed by atoms with E-state index in [2.05, 4.69) is 6.07 Å². The molecule has 0 aromatic heterocycles.